The molecule has 6 rings (SSSR count). The van der Waals surface area contributed by atoms with Crippen LogP contribution in [-0.4, -0.2) is 44.6 Å². The molecule has 1 amide bonds. The number of carbonyl (C=O) groups is 1. The van der Waals surface area contributed by atoms with E-state index in [-0.39, 0.29) is 22.8 Å². The summed E-state index contributed by atoms with van der Waals surface area (Å²) < 4.78 is 52.3. The van der Waals surface area contributed by atoms with Gasteiger partial charge in [0.15, 0.2) is 5.58 Å². The molecule has 9 nitrogen and oxygen atoms in total. The molecule has 0 aliphatic carbocycles. The van der Waals surface area contributed by atoms with Crippen LogP contribution in [0.5, 0.6) is 0 Å². The van der Waals surface area contributed by atoms with E-state index < -0.39 is 21.7 Å². The van der Waals surface area contributed by atoms with Gasteiger partial charge in [-0.15, -0.1) is 0 Å². The Morgan fingerprint density at radius 3 is 2.40 bits per heavy atom. The fourth-order valence-electron chi connectivity index (χ4n) is 4.71. The first kappa shape index (κ1) is 27.4. The molecule has 0 atom stereocenters. The van der Waals surface area contributed by atoms with Gasteiger partial charge in [0.1, 0.15) is 22.7 Å². The zero-order chi connectivity index (χ0) is 29.8. The van der Waals surface area contributed by atoms with Crippen LogP contribution < -0.4 is 9.62 Å². The quantitative estimate of drug-likeness (QED) is 0.230. The van der Waals surface area contributed by atoms with Crippen LogP contribution in [0.15, 0.2) is 81.9 Å². The minimum Gasteiger partial charge on any atom is -0.455 e. The largest absolute Gasteiger partial charge is 0.455 e. The molecule has 0 saturated heterocycles. The Bertz CT molecular complexity index is 2090. The second kappa shape index (κ2) is 10.3. The predicted molar refractivity (Wildman–Crippen MR) is 159 cm³/mol. The fraction of sp³-hybridized carbons (Fsp3) is 0.100. The van der Waals surface area contributed by atoms with Gasteiger partial charge in [0.05, 0.1) is 34.3 Å². The van der Waals surface area contributed by atoms with Gasteiger partial charge in [-0.05, 0) is 48.0 Å². The minimum absolute atomic E-state index is 0.214. The number of furan rings is 1. The number of carbonyl (C=O) groups excluding carboxylic acids is 1. The van der Waals surface area contributed by atoms with Gasteiger partial charge in [0, 0.05) is 48.9 Å². The highest BCUT2D eigenvalue weighted by Crippen LogP contribution is 2.43. The van der Waals surface area contributed by atoms with Gasteiger partial charge >= 0.3 is 0 Å². The average molecular weight is 605 g/mol. The molecule has 6 aromatic rings. The first-order valence-electron chi connectivity index (χ1n) is 12.6. The number of anilines is 1. The first-order chi connectivity index (χ1) is 20.0. The van der Waals surface area contributed by atoms with E-state index in [0.717, 1.165) is 10.6 Å². The van der Waals surface area contributed by atoms with Gasteiger partial charge in [-0.3, -0.25) is 14.1 Å². The third kappa shape index (κ3) is 4.76. The Hall–Kier alpha value is -4.74. The first-order valence-corrected chi connectivity index (χ1v) is 14.8. The van der Waals surface area contributed by atoms with Crippen molar-refractivity contribution in [3.05, 3.63) is 89.5 Å². The lowest BCUT2D eigenvalue weighted by Gasteiger charge is -2.21. The van der Waals surface area contributed by atoms with E-state index in [0.29, 0.717) is 49.4 Å². The van der Waals surface area contributed by atoms with Crippen molar-refractivity contribution in [2.75, 3.05) is 24.7 Å². The van der Waals surface area contributed by atoms with Crippen molar-refractivity contribution in [3.63, 3.8) is 0 Å². The maximum absolute atomic E-state index is 13.7. The van der Waals surface area contributed by atoms with E-state index in [2.05, 4.69) is 15.3 Å². The zero-order valence-corrected chi connectivity index (χ0v) is 24.0. The maximum atomic E-state index is 13.7. The number of oxazole rings is 1. The number of fused-ring (bicyclic) bond motifs is 2. The number of nitrogens with one attached hydrogen (secondary N) is 1. The number of benzene rings is 3. The number of hydrogen-bond donors (Lipinski definition) is 1. The van der Waals surface area contributed by atoms with Gasteiger partial charge in [0.2, 0.25) is 15.9 Å². The second-order valence-electron chi connectivity index (χ2n) is 9.55. The summed E-state index contributed by atoms with van der Waals surface area (Å²) in [5.74, 6) is -0.396. The summed E-state index contributed by atoms with van der Waals surface area (Å²) in [6, 6.07) is 15.6. The number of hydrogen-bond acceptors (Lipinski definition) is 7. The topological polar surface area (TPSA) is 119 Å². The molecule has 0 aliphatic heterocycles. The molecule has 0 unspecified atom stereocenters. The molecule has 3 heterocycles. The highest BCUT2D eigenvalue weighted by atomic mass is 35.5. The molecule has 0 saturated carbocycles. The maximum Gasteiger partial charge on any atom is 0.255 e. The summed E-state index contributed by atoms with van der Waals surface area (Å²) in [4.78, 5) is 21.7. The molecular formula is C30H22ClFN4O5S. The standard InChI is InChI=1S/C30H22ClFN4O5S/c1-33-29(37)27-21-13-19(17-6-9-22(31)20(12-17)30-35-23-15-34-11-10-25(23)41-30)24(36(2)42(3,38)39)14-26(21)40-28(27)16-4-7-18(32)8-5-16/h4-15H,1-3H3,(H,33,37). The number of amides is 1. The van der Waals surface area contributed by atoms with Crippen molar-refractivity contribution in [1.82, 2.24) is 15.3 Å². The number of halogens is 2. The summed E-state index contributed by atoms with van der Waals surface area (Å²) >= 11 is 6.57. The van der Waals surface area contributed by atoms with E-state index in [4.69, 9.17) is 20.4 Å². The third-order valence-corrected chi connectivity index (χ3v) is 8.42. The Kier molecular flexibility index (Phi) is 6.71. The molecule has 3 aromatic heterocycles. The van der Waals surface area contributed by atoms with E-state index >= 15 is 0 Å². The molecule has 0 bridgehead atoms. The van der Waals surface area contributed by atoms with Crippen LogP contribution in [0.2, 0.25) is 5.02 Å². The summed E-state index contributed by atoms with van der Waals surface area (Å²) in [5.41, 5.74) is 3.86. The van der Waals surface area contributed by atoms with Crippen molar-refractivity contribution < 1.29 is 26.4 Å². The van der Waals surface area contributed by atoms with Crippen LogP contribution in [0, 0.1) is 5.82 Å². The molecule has 0 fully saturated rings. The number of nitrogens with zero attached hydrogens (tertiary/aromatic N) is 3. The van der Waals surface area contributed by atoms with Crippen LogP contribution in [-0.2, 0) is 10.0 Å². The van der Waals surface area contributed by atoms with Crippen molar-refractivity contribution in [2.24, 2.45) is 0 Å². The molecule has 0 aliphatic rings. The van der Waals surface area contributed by atoms with Gasteiger partial charge in [-0.25, -0.2) is 17.8 Å². The number of pyridine rings is 1. The van der Waals surface area contributed by atoms with Crippen molar-refractivity contribution in [2.45, 2.75) is 0 Å². The monoisotopic (exact) mass is 604 g/mol. The van der Waals surface area contributed by atoms with Crippen molar-refractivity contribution in [3.8, 4) is 33.9 Å². The molecule has 3 aromatic carbocycles. The molecule has 0 radical (unpaired) electrons. The summed E-state index contributed by atoms with van der Waals surface area (Å²) in [7, 11) is -0.803. The number of rotatable bonds is 6. The predicted octanol–water partition coefficient (Wildman–Crippen LogP) is 6.52. The fourth-order valence-corrected chi connectivity index (χ4v) is 5.42. The summed E-state index contributed by atoms with van der Waals surface area (Å²) in [6.07, 6.45) is 4.25. The molecule has 12 heteroatoms. The molecule has 1 N–H and O–H groups in total. The van der Waals surface area contributed by atoms with E-state index in [1.165, 1.54) is 38.4 Å². The molecule has 0 spiro atoms. The Morgan fingerprint density at radius 2 is 1.71 bits per heavy atom. The van der Waals surface area contributed by atoms with E-state index in [9.17, 15) is 17.6 Å². The molecule has 42 heavy (non-hydrogen) atoms. The lowest BCUT2D eigenvalue weighted by Crippen LogP contribution is -2.25. The summed E-state index contributed by atoms with van der Waals surface area (Å²) in [5, 5.41) is 3.43. The van der Waals surface area contributed by atoms with Gasteiger partial charge < -0.3 is 14.2 Å². The Morgan fingerprint density at radius 1 is 0.976 bits per heavy atom. The third-order valence-electron chi connectivity index (χ3n) is 6.90. The Labute approximate surface area is 244 Å². The Balaban J connectivity index is 1.63. The zero-order valence-electron chi connectivity index (χ0n) is 22.5. The normalized spacial score (nSPS) is 11.7. The number of aromatic nitrogens is 2. The number of sulfonamides is 1. The highest BCUT2D eigenvalue weighted by molar-refractivity contribution is 7.92. The van der Waals surface area contributed by atoms with Crippen LogP contribution in [0.25, 0.3) is 56.0 Å². The van der Waals surface area contributed by atoms with Crippen LogP contribution in [0.4, 0.5) is 10.1 Å². The smallest absolute Gasteiger partial charge is 0.255 e. The van der Waals surface area contributed by atoms with Gasteiger partial charge in [0.25, 0.3) is 5.91 Å². The van der Waals surface area contributed by atoms with Crippen molar-refractivity contribution in [1.29, 1.82) is 0 Å². The lowest BCUT2D eigenvalue weighted by atomic mass is 9.97. The SMILES string of the molecule is CNC(=O)c1c(-c2ccc(F)cc2)oc2cc(N(C)S(C)(=O)=O)c(-c3ccc(Cl)c(-c4nc5cnccc5o4)c3)cc12. The van der Waals surface area contributed by atoms with Gasteiger partial charge in [-0.1, -0.05) is 17.7 Å². The van der Waals surface area contributed by atoms with E-state index in [1.807, 2.05) is 0 Å². The lowest BCUT2D eigenvalue weighted by molar-refractivity contribution is 0.0964. The van der Waals surface area contributed by atoms with Crippen LogP contribution in [0.1, 0.15) is 10.4 Å². The highest BCUT2D eigenvalue weighted by Gasteiger charge is 2.26. The second-order valence-corrected chi connectivity index (χ2v) is 12.0. The van der Waals surface area contributed by atoms with Crippen LogP contribution >= 0.6 is 11.6 Å². The van der Waals surface area contributed by atoms with Crippen LogP contribution in [0.3, 0.4) is 0 Å². The van der Waals surface area contributed by atoms with Crippen molar-refractivity contribution >= 4 is 55.3 Å². The van der Waals surface area contributed by atoms with Gasteiger partial charge in [-0.2, -0.15) is 0 Å². The summed E-state index contributed by atoms with van der Waals surface area (Å²) in [6.45, 7) is 0. The average Bonchev–Trinajstić information content (AvgIpc) is 3.57. The molecular weight excluding hydrogens is 583 g/mol. The van der Waals surface area contributed by atoms with E-state index in [1.54, 1.807) is 48.8 Å². The minimum atomic E-state index is -3.72. The molecule has 212 valence electrons.